The quantitative estimate of drug-likeness (QED) is 0.640. The van der Waals surface area contributed by atoms with Crippen molar-refractivity contribution < 1.29 is 9.90 Å². The average Bonchev–Trinajstić information content (AvgIpc) is 2.43. The lowest BCUT2D eigenvalue weighted by Crippen LogP contribution is -2.43. The first kappa shape index (κ1) is 10.7. The van der Waals surface area contributed by atoms with Crippen LogP contribution in [-0.4, -0.2) is 41.3 Å². The standard InChI is InChI=1S/C11H20N2O2/c1-10(2)7-11(8-12-10)3-5-13(6-4-11)9(14)15/h12H,3-8H2,1-2H3,(H,14,15). The molecule has 0 unspecified atom stereocenters. The molecule has 0 aliphatic carbocycles. The Kier molecular flexibility index (Phi) is 2.41. The first-order valence-electron chi connectivity index (χ1n) is 5.66. The van der Waals surface area contributed by atoms with Crippen LogP contribution in [0.15, 0.2) is 0 Å². The fourth-order valence-electron chi connectivity index (χ4n) is 3.02. The molecule has 15 heavy (non-hydrogen) atoms. The van der Waals surface area contributed by atoms with Crippen LogP contribution in [0.3, 0.4) is 0 Å². The fraction of sp³-hybridized carbons (Fsp3) is 0.909. The summed E-state index contributed by atoms with van der Waals surface area (Å²) in [4.78, 5) is 12.3. The van der Waals surface area contributed by atoms with E-state index in [4.69, 9.17) is 5.11 Å². The minimum atomic E-state index is -0.768. The summed E-state index contributed by atoms with van der Waals surface area (Å²) in [7, 11) is 0. The molecule has 0 aromatic heterocycles. The Bertz CT molecular complexity index is 268. The van der Waals surface area contributed by atoms with Crippen molar-refractivity contribution in [1.82, 2.24) is 10.2 Å². The lowest BCUT2D eigenvalue weighted by Gasteiger charge is -2.38. The van der Waals surface area contributed by atoms with E-state index in [0.717, 1.165) is 19.4 Å². The number of nitrogens with zero attached hydrogens (tertiary/aromatic N) is 1. The number of carboxylic acid groups (broad SMARTS) is 1. The van der Waals surface area contributed by atoms with E-state index < -0.39 is 6.09 Å². The maximum Gasteiger partial charge on any atom is 0.407 e. The largest absolute Gasteiger partial charge is 0.465 e. The summed E-state index contributed by atoms with van der Waals surface area (Å²) in [6.07, 6.45) is 2.42. The van der Waals surface area contributed by atoms with Crippen LogP contribution in [0.4, 0.5) is 4.79 Å². The molecule has 0 aromatic rings. The molecule has 2 saturated heterocycles. The molecule has 4 heteroatoms. The van der Waals surface area contributed by atoms with Gasteiger partial charge in [-0.2, -0.15) is 0 Å². The van der Waals surface area contributed by atoms with Crippen molar-refractivity contribution in [1.29, 1.82) is 0 Å². The second kappa shape index (κ2) is 3.37. The van der Waals surface area contributed by atoms with E-state index in [1.807, 2.05) is 0 Å². The number of rotatable bonds is 0. The highest BCUT2D eigenvalue weighted by atomic mass is 16.4. The molecule has 0 saturated carbocycles. The van der Waals surface area contributed by atoms with Gasteiger partial charge in [0.25, 0.3) is 0 Å². The van der Waals surface area contributed by atoms with Crippen molar-refractivity contribution in [3.8, 4) is 0 Å². The third-order valence-electron chi connectivity index (χ3n) is 3.85. The predicted octanol–water partition coefficient (Wildman–Crippen LogP) is 1.52. The SMILES string of the molecule is CC1(C)CC2(CCN(C(=O)O)CC2)CN1. The molecular formula is C11H20N2O2. The number of hydrogen-bond donors (Lipinski definition) is 2. The molecule has 0 radical (unpaired) electrons. The Morgan fingerprint density at radius 3 is 2.33 bits per heavy atom. The van der Waals surface area contributed by atoms with Crippen LogP contribution in [0.1, 0.15) is 33.1 Å². The minimum Gasteiger partial charge on any atom is -0.465 e. The smallest absolute Gasteiger partial charge is 0.407 e. The first-order valence-corrected chi connectivity index (χ1v) is 5.66. The molecule has 0 bridgehead atoms. The van der Waals surface area contributed by atoms with Crippen LogP contribution < -0.4 is 5.32 Å². The van der Waals surface area contributed by atoms with Gasteiger partial charge in [0.05, 0.1) is 0 Å². The molecule has 2 rings (SSSR count). The Labute approximate surface area is 90.6 Å². The molecule has 86 valence electrons. The highest BCUT2D eigenvalue weighted by Gasteiger charge is 2.44. The highest BCUT2D eigenvalue weighted by molar-refractivity contribution is 5.65. The number of amides is 1. The van der Waals surface area contributed by atoms with Gasteiger partial charge in [0, 0.05) is 25.2 Å². The van der Waals surface area contributed by atoms with Crippen molar-refractivity contribution in [2.75, 3.05) is 19.6 Å². The van der Waals surface area contributed by atoms with Gasteiger partial charge in [-0.3, -0.25) is 0 Å². The zero-order valence-corrected chi connectivity index (χ0v) is 9.55. The van der Waals surface area contributed by atoms with E-state index in [1.165, 1.54) is 11.3 Å². The predicted molar refractivity (Wildman–Crippen MR) is 58.0 cm³/mol. The monoisotopic (exact) mass is 212 g/mol. The van der Waals surface area contributed by atoms with Crippen molar-refractivity contribution in [2.24, 2.45) is 5.41 Å². The van der Waals surface area contributed by atoms with Crippen molar-refractivity contribution in [3.05, 3.63) is 0 Å². The van der Waals surface area contributed by atoms with Crippen LogP contribution in [0.2, 0.25) is 0 Å². The summed E-state index contributed by atoms with van der Waals surface area (Å²) >= 11 is 0. The van der Waals surface area contributed by atoms with Crippen LogP contribution in [0, 0.1) is 5.41 Å². The van der Waals surface area contributed by atoms with Crippen LogP contribution >= 0.6 is 0 Å². The first-order chi connectivity index (χ1) is 6.93. The molecule has 0 atom stereocenters. The Hall–Kier alpha value is -0.770. The van der Waals surface area contributed by atoms with Gasteiger partial charge in [0.15, 0.2) is 0 Å². The number of carbonyl (C=O) groups is 1. The zero-order chi connectivity index (χ0) is 11.1. The van der Waals surface area contributed by atoms with Crippen molar-refractivity contribution in [3.63, 3.8) is 0 Å². The lowest BCUT2D eigenvalue weighted by molar-refractivity contribution is 0.0952. The van der Waals surface area contributed by atoms with Gasteiger partial charge in [-0.05, 0) is 38.5 Å². The van der Waals surface area contributed by atoms with Crippen molar-refractivity contribution in [2.45, 2.75) is 38.6 Å². The molecule has 1 spiro atoms. The van der Waals surface area contributed by atoms with E-state index in [2.05, 4.69) is 19.2 Å². The maximum absolute atomic E-state index is 10.8. The van der Waals surface area contributed by atoms with Crippen LogP contribution in [-0.2, 0) is 0 Å². The van der Waals surface area contributed by atoms with E-state index in [9.17, 15) is 4.79 Å². The third kappa shape index (κ3) is 2.09. The summed E-state index contributed by atoms with van der Waals surface area (Å²) in [5, 5.41) is 12.4. The lowest BCUT2D eigenvalue weighted by atomic mass is 9.74. The molecule has 1 amide bonds. The fourth-order valence-corrected chi connectivity index (χ4v) is 3.02. The van der Waals surface area contributed by atoms with Gasteiger partial charge < -0.3 is 15.3 Å². The minimum absolute atomic E-state index is 0.228. The Morgan fingerprint density at radius 2 is 1.93 bits per heavy atom. The van der Waals surface area contributed by atoms with Gasteiger partial charge in [0.1, 0.15) is 0 Å². The molecule has 0 aromatic carbocycles. The maximum atomic E-state index is 10.8. The average molecular weight is 212 g/mol. The molecule has 2 aliphatic rings. The molecule has 2 N–H and O–H groups in total. The molecule has 2 heterocycles. The molecule has 2 fully saturated rings. The van der Waals surface area contributed by atoms with Crippen LogP contribution in [0.25, 0.3) is 0 Å². The summed E-state index contributed by atoms with van der Waals surface area (Å²) in [5.74, 6) is 0. The number of hydrogen-bond acceptors (Lipinski definition) is 2. The van der Waals surface area contributed by atoms with Gasteiger partial charge in [-0.15, -0.1) is 0 Å². The third-order valence-corrected chi connectivity index (χ3v) is 3.85. The van der Waals surface area contributed by atoms with Gasteiger partial charge in [-0.1, -0.05) is 0 Å². The Morgan fingerprint density at radius 1 is 1.33 bits per heavy atom. The molecule has 4 nitrogen and oxygen atoms in total. The number of piperidine rings is 1. The normalized spacial score (nSPS) is 28.3. The van der Waals surface area contributed by atoms with E-state index in [-0.39, 0.29) is 5.54 Å². The zero-order valence-electron chi connectivity index (χ0n) is 9.55. The van der Waals surface area contributed by atoms with Gasteiger partial charge in [-0.25, -0.2) is 4.79 Å². The van der Waals surface area contributed by atoms with E-state index in [1.54, 1.807) is 0 Å². The number of likely N-dealkylation sites (tertiary alicyclic amines) is 1. The van der Waals surface area contributed by atoms with Crippen LogP contribution in [0.5, 0.6) is 0 Å². The van der Waals surface area contributed by atoms with E-state index in [0.29, 0.717) is 18.5 Å². The summed E-state index contributed by atoms with van der Waals surface area (Å²) in [6.45, 7) is 6.91. The molecule has 2 aliphatic heterocycles. The molecular weight excluding hydrogens is 192 g/mol. The summed E-state index contributed by atoms with van der Waals surface area (Å²) < 4.78 is 0. The van der Waals surface area contributed by atoms with Gasteiger partial charge in [0.2, 0.25) is 0 Å². The highest BCUT2D eigenvalue weighted by Crippen LogP contribution is 2.42. The Balaban J connectivity index is 1.96. The summed E-state index contributed by atoms with van der Waals surface area (Å²) in [5.41, 5.74) is 0.584. The van der Waals surface area contributed by atoms with Crippen molar-refractivity contribution >= 4 is 6.09 Å². The van der Waals surface area contributed by atoms with Gasteiger partial charge >= 0.3 is 6.09 Å². The number of nitrogens with one attached hydrogen (secondary N) is 1. The van der Waals surface area contributed by atoms with E-state index >= 15 is 0 Å². The second-order valence-corrected chi connectivity index (χ2v) is 5.68. The summed E-state index contributed by atoms with van der Waals surface area (Å²) in [6, 6.07) is 0. The topological polar surface area (TPSA) is 52.6 Å². The second-order valence-electron chi connectivity index (χ2n) is 5.68.